The third-order valence-electron chi connectivity index (χ3n) is 2.92. The van der Waals surface area contributed by atoms with Crippen molar-refractivity contribution in [1.82, 2.24) is 0 Å². The Morgan fingerprint density at radius 2 is 2.10 bits per heavy atom. The van der Waals surface area contributed by atoms with Crippen LogP contribution in [0.3, 0.4) is 0 Å². The van der Waals surface area contributed by atoms with Crippen molar-refractivity contribution >= 4 is 11.6 Å². The summed E-state index contributed by atoms with van der Waals surface area (Å²) in [7, 11) is 0. The van der Waals surface area contributed by atoms with Gasteiger partial charge in [0.2, 0.25) is 0 Å². The van der Waals surface area contributed by atoms with Crippen molar-refractivity contribution in [3.63, 3.8) is 0 Å². The number of nitriles is 1. The maximum absolute atomic E-state index is 13.3. The molecule has 0 aliphatic heterocycles. The highest BCUT2D eigenvalue weighted by atomic mass is 35.5. The molecule has 0 saturated carbocycles. The van der Waals surface area contributed by atoms with Gasteiger partial charge in [0, 0.05) is 0 Å². The molecule has 5 heteroatoms. The minimum atomic E-state index is -0.613. The SMILES string of the molecule is CC(O)c1ccc(OCc2cc(F)cc(C#N)c2)c(Cl)c1. The van der Waals surface area contributed by atoms with Gasteiger partial charge in [0.25, 0.3) is 0 Å². The molecule has 2 aromatic rings. The summed E-state index contributed by atoms with van der Waals surface area (Å²) in [5, 5.41) is 18.6. The lowest BCUT2D eigenvalue weighted by molar-refractivity contribution is 0.199. The molecule has 2 aromatic carbocycles. The topological polar surface area (TPSA) is 53.2 Å². The fourth-order valence-electron chi connectivity index (χ4n) is 1.85. The molecule has 1 atom stereocenters. The summed E-state index contributed by atoms with van der Waals surface area (Å²) in [6, 6.07) is 10.9. The molecule has 2 rings (SSSR count). The van der Waals surface area contributed by atoms with Crippen molar-refractivity contribution in [1.29, 1.82) is 5.26 Å². The van der Waals surface area contributed by atoms with E-state index in [1.54, 1.807) is 31.2 Å². The number of aliphatic hydroxyl groups excluding tert-OH is 1. The van der Waals surface area contributed by atoms with E-state index in [-0.39, 0.29) is 12.2 Å². The van der Waals surface area contributed by atoms with E-state index in [1.807, 2.05) is 6.07 Å². The Morgan fingerprint density at radius 3 is 2.71 bits per heavy atom. The van der Waals surface area contributed by atoms with Crippen LogP contribution in [0.15, 0.2) is 36.4 Å². The Bertz CT molecular complexity index is 695. The molecule has 0 radical (unpaired) electrons. The van der Waals surface area contributed by atoms with Gasteiger partial charge in [0.05, 0.1) is 22.8 Å². The van der Waals surface area contributed by atoms with Crippen LogP contribution < -0.4 is 4.74 Å². The van der Waals surface area contributed by atoms with Crippen molar-refractivity contribution in [2.75, 3.05) is 0 Å². The lowest BCUT2D eigenvalue weighted by atomic mass is 10.1. The highest BCUT2D eigenvalue weighted by molar-refractivity contribution is 6.32. The molecule has 0 aliphatic carbocycles. The molecule has 0 spiro atoms. The molecule has 1 N–H and O–H groups in total. The van der Waals surface area contributed by atoms with Crippen LogP contribution in [-0.2, 0) is 6.61 Å². The first-order chi connectivity index (χ1) is 9.99. The van der Waals surface area contributed by atoms with Gasteiger partial charge < -0.3 is 9.84 Å². The zero-order chi connectivity index (χ0) is 15.4. The van der Waals surface area contributed by atoms with Crippen LogP contribution in [0.4, 0.5) is 4.39 Å². The average Bonchev–Trinajstić information content (AvgIpc) is 2.45. The first-order valence-corrected chi connectivity index (χ1v) is 6.67. The standard InChI is InChI=1S/C16H13ClFNO2/c1-10(20)13-2-3-16(15(17)7-13)21-9-12-4-11(8-19)5-14(18)6-12/h2-7,10,20H,9H2,1H3. The summed E-state index contributed by atoms with van der Waals surface area (Å²) >= 11 is 6.07. The van der Waals surface area contributed by atoms with Crippen LogP contribution in [-0.4, -0.2) is 5.11 Å². The highest BCUT2D eigenvalue weighted by Gasteiger charge is 2.08. The monoisotopic (exact) mass is 305 g/mol. The van der Waals surface area contributed by atoms with E-state index in [4.69, 9.17) is 21.6 Å². The van der Waals surface area contributed by atoms with Crippen LogP contribution >= 0.6 is 11.6 Å². The second-order valence-electron chi connectivity index (χ2n) is 4.61. The molecular formula is C16H13ClFNO2. The minimum absolute atomic E-state index is 0.0974. The fraction of sp³-hybridized carbons (Fsp3) is 0.188. The number of halogens is 2. The Morgan fingerprint density at radius 1 is 1.33 bits per heavy atom. The van der Waals surface area contributed by atoms with Gasteiger partial charge in [0.1, 0.15) is 18.2 Å². The summed E-state index contributed by atoms with van der Waals surface area (Å²) in [6.07, 6.45) is -0.613. The van der Waals surface area contributed by atoms with Crippen molar-refractivity contribution < 1.29 is 14.2 Å². The lowest BCUT2D eigenvalue weighted by Crippen LogP contribution is -1.98. The van der Waals surface area contributed by atoms with Crippen LogP contribution in [0.5, 0.6) is 5.75 Å². The number of nitrogens with zero attached hydrogens (tertiary/aromatic N) is 1. The predicted molar refractivity (Wildman–Crippen MR) is 77.5 cm³/mol. The zero-order valence-electron chi connectivity index (χ0n) is 11.3. The number of benzene rings is 2. The minimum Gasteiger partial charge on any atom is -0.487 e. The van der Waals surface area contributed by atoms with Gasteiger partial charge in [-0.1, -0.05) is 17.7 Å². The molecule has 3 nitrogen and oxygen atoms in total. The van der Waals surface area contributed by atoms with E-state index in [9.17, 15) is 9.50 Å². The maximum Gasteiger partial charge on any atom is 0.138 e. The lowest BCUT2D eigenvalue weighted by Gasteiger charge is -2.11. The number of hydrogen-bond donors (Lipinski definition) is 1. The molecule has 0 fully saturated rings. The first-order valence-electron chi connectivity index (χ1n) is 6.29. The Kier molecular flexibility index (Phi) is 4.79. The molecule has 0 bridgehead atoms. The van der Waals surface area contributed by atoms with Gasteiger partial charge in [0.15, 0.2) is 0 Å². The second kappa shape index (κ2) is 6.57. The summed E-state index contributed by atoms with van der Waals surface area (Å²) in [6.45, 7) is 1.74. The molecule has 108 valence electrons. The number of aliphatic hydroxyl groups is 1. The van der Waals surface area contributed by atoms with E-state index in [0.29, 0.717) is 21.9 Å². The Labute approximate surface area is 127 Å². The van der Waals surface area contributed by atoms with E-state index in [2.05, 4.69) is 0 Å². The van der Waals surface area contributed by atoms with E-state index < -0.39 is 11.9 Å². The second-order valence-corrected chi connectivity index (χ2v) is 5.02. The van der Waals surface area contributed by atoms with Crippen LogP contribution in [0.25, 0.3) is 0 Å². The van der Waals surface area contributed by atoms with Gasteiger partial charge in [-0.3, -0.25) is 0 Å². The van der Waals surface area contributed by atoms with Gasteiger partial charge >= 0.3 is 0 Å². The van der Waals surface area contributed by atoms with Crippen LogP contribution in [0.2, 0.25) is 5.02 Å². The fourth-order valence-corrected chi connectivity index (χ4v) is 2.10. The number of ether oxygens (including phenoxy) is 1. The van der Waals surface area contributed by atoms with E-state index >= 15 is 0 Å². The van der Waals surface area contributed by atoms with Gasteiger partial charge in [-0.25, -0.2) is 4.39 Å². The molecule has 1 unspecified atom stereocenters. The third-order valence-corrected chi connectivity index (χ3v) is 3.21. The maximum atomic E-state index is 13.3. The van der Waals surface area contributed by atoms with E-state index in [1.165, 1.54) is 6.07 Å². The normalized spacial score (nSPS) is 11.8. The first kappa shape index (κ1) is 15.3. The van der Waals surface area contributed by atoms with Crippen molar-refractivity contribution in [2.24, 2.45) is 0 Å². The van der Waals surface area contributed by atoms with Gasteiger partial charge in [-0.2, -0.15) is 5.26 Å². The zero-order valence-corrected chi connectivity index (χ0v) is 12.1. The van der Waals surface area contributed by atoms with Crippen LogP contribution in [0, 0.1) is 17.1 Å². The predicted octanol–water partition coefficient (Wildman–Crippen LogP) is 3.98. The molecule has 0 aliphatic rings. The highest BCUT2D eigenvalue weighted by Crippen LogP contribution is 2.28. The largest absolute Gasteiger partial charge is 0.487 e. The average molecular weight is 306 g/mol. The number of hydrogen-bond acceptors (Lipinski definition) is 3. The quantitative estimate of drug-likeness (QED) is 0.929. The van der Waals surface area contributed by atoms with Crippen molar-refractivity contribution in [3.8, 4) is 11.8 Å². The molecule has 0 saturated heterocycles. The Hall–Kier alpha value is -2.09. The van der Waals surface area contributed by atoms with Crippen molar-refractivity contribution in [2.45, 2.75) is 19.6 Å². The van der Waals surface area contributed by atoms with Gasteiger partial charge in [-0.15, -0.1) is 0 Å². The Balaban J connectivity index is 2.13. The summed E-state index contributed by atoms with van der Waals surface area (Å²) in [5.41, 5.74) is 1.47. The van der Waals surface area contributed by atoms with Crippen molar-refractivity contribution in [3.05, 3.63) is 63.9 Å². The summed E-state index contributed by atoms with van der Waals surface area (Å²) < 4.78 is 18.8. The number of rotatable bonds is 4. The summed E-state index contributed by atoms with van der Waals surface area (Å²) in [5.74, 6) is -0.0490. The molecule has 0 aromatic heterocycles. The molecule has 0 heterocycles. The molecular weight excluding hydrogens is 293 g/mol. The molecule has 21 heavy (non-hydrogen) atoms. The van der Waals surface area contributed by atoms with E-state index in [0.717, 1.165) is 6.07 Å². The van der Waals surface area contributed by atoms with Crippen LogP contribution in [0.1, 0.15) is 29.7 Å². The molecule has 0 amide bonds. The van der Waals surface area contributed by atoms with Gasteiger partial charge in [-0.05, 0) is 48.4 Å². The smallest absolute Gasteiger partial charge is 0.138 e. The summed E-state index contributed by atoms with van der Waals surface area (Å²) in [4.78, 5) is 0. The third kappa shape index (κ3) is 3.94.